The van der Waals surface area contributed by atoms with E-state index in [0.717, 1.165) is 15.7 Å². The van der Waals surface area contributed by atoms with Crippen molar-refractivity contribution in [1.29, 1.82) is 0 Å². The minimum Gasteiger partial charge on any atom is -0.478 e. The van der Waals surface area contributed by atoms with Crippen molar-refractivity contribution in [2.75, 3.05) is 5.32 Å². The lowest BCUT2D eigenvalue weighted by Gasteiger charge is -2.12. The number of nitrogens with zero attached hydrogens (tertiary/aromatic N) is 1. The molecule has 0 saturated carbocycles. The molecule has 1 heterocycles. The molecule has 4 nitrogen and oxygen atoms in total. The van der Waals surface area contributed by atoms with Crippen LogP contribution in [0.15, 0.2) is 24.4 Å². The Morgan fingerprint density at radius 3 is 2.70 bits per heavy atom. The predicted molar refractivity (Wildman–Crippen MR) is 78.3 cm³/mol. The van der Waals surface area contributed by atoms with E-state index >= 15 is 0 Å². The molecule has 0 radical (unpaired) electrons. The number of hydrogen-bond acceptors (Lipinski definition) is 3. The molecule has 0 aliphatic rings. The molecule has 1 aromatic carbocycles. The Morgan fingerprint density at radius 2 is 2.10 bits per heavy atom. The number of aryl methyl sites for hydroxylation is 1. The maximum atomic E-state index is 13.8. The van der Waals surface area contributed by atoms with E-state index in [9.17, 15) is 13.6 Å². The fraction of sp³-hybridized carbons (Fsp3) is 0.0769. The first-order chi connectivity index (χ1) is 9.40. The van der Waals surface area contributed by atoms with Gasteiger partial charge in [-0.25, -0.2) is 18.6 Å². The molecular weight excluding hydrogens is 381 g/mol. The van der Waals surface area contributed by atoms with Crippen LogP contribution in [-0.2, 0) is 0 Å². The Kier molecular flexibility index (Phi) is 4.17. The summed E-state index contributed by atoms with van der Waals surface area (Å²) in [5.41, 5.74) is -0.102. The molecule has 104 valence electrons. The molecule has 0 unspecified atom stereocenters. The van der Waals surface area contributed by atoms with Gasteiger partial charge in [-0.05, 0) is 53.3 Å². The SMILES string of the molecule is Cc1cc(I)cnc1Nc1c(C(=O)O)ccc(F)c1F. The number of aromatic nitrogens is 1. The van der Waals surface area contributed by atoms with Crippen LogP contribution in [0.3, 0.4) is 0 Å². The van der Waals surface area contributed by atoms with Crippen LogP contribution in [0.5, 0.6) is 0 Å². The van der Waals surface area contributed by atoms with Crippen molar-refractivity contribution in [3.8, 4) is 0 Å². The Labute approximate surface area is 127 Å². The van der Waals surface area contributed by atoms with Gasteiger partial charge in [-0.1, -0.05) is 0 Å². The predicted octanol–water partition coefficient (Wildman–Crippen LogP) is 3.71. The van der Waals surface area contributed by atoms with Crippen molar-refractivity contribution in [3.05, 3.63) is 50.7 Å². The highest BCUT2D eigenvalue weighted by Crippen LogP contribution is 2.27. The van der Waals surface area contributed by atoms with Gasteiger partial charge in [0.25, 0.3) is 0 Å². The summed E-state index contributed by atoms with van der Waals surface area (Å²) in [5, 5.41) is 11.6. The van der Waals surface area contributed by atoms with E-state index < -0.39 is 23.3 Å². The van der Waals surface area contributed by atoms with E-state index in [-0.39, 0.29) is 11.4 Å². The van der Waals surface area contributed by atoms with Gasteiger partial charge in [-0.2, -0.15) is 0 Å². The van der Waals surface area contributed by atoms with Gasteiger partial charge in [-0.15, -0.1) is 0 Å². The van der Waals surface area contributed by atoms with Crippen LogP contribution in [-0.4, -0.2) is 16.1 Å². The standard InChI is InChI=1S/C13H9F2IN2O2/c1-6-4-7(16)5-17-12(6)18-11-8(13(19)20)2-3-9(14)10(11)15/h2-5H,1H3,(H,17,18)(H,19,20). The van der Waals surface area contributed by atoms with Crippen LogP contribution in [0.4, 0.5) is 20.3 Å². The van der Waals surface area contributed by atoms with Crippen LogP contribution in [0.1, 0.15) is 15.9 Å². The van der Waals surface area contributed by atoms with Crippen molar-refractivity contribution in [1.82, 2.24) is 4.98 Å². The molecule has 0 amide bonds. The summed E-state index contributed by atoms with van der Waals surface area (Å²) in [6, 6.07) is 3.57. The van der Waals surface area contributed by atoms with Gasteiger partial charge in [0.15, 0.2) is 11.6 Å². The molecule has 2 rings (SSSR count). The van der Waals surface area contributed by atoms with Crippen molar-refractivity contribution in [2.24, 2.45) is 0 Å². The van der Waals surface area contributed by atoms with E-state index in [1.165, 1.54) is 6.20 Å². The van der Waals surface area contributed by atoms with Gasteiger partial charge in [0.1, 0.15) is 5.82 Å². The molecule has 7 heteroatoms. The van der Waals surface area contributed by atoms with E-state index in [1.54, 1.807) is 13.0 Å². The molecular formula is C13H9F2IN2O2. The highest BCUT2D eigenvalue weighted by molar-refractivity contribution is 14.1. The van der Waals surface area contributed by atoms with Crippen LogP contribution >= 0.6 is 22.6 Å². The third kappa shape index (κ3) is 2.87. The molecule has 0 saturated heterocycles. The Hall–Kier alpha value is -1.77. The van der Waals surface area contributed by atoms with Crippen molar-refractivity contribution in [3.63, 3.8) is 0 Å². The number of carbonyl (C=O) groups is 1. The Balaban J connectivity index is 2.52. The largest absolute Gasteiger partial charge is 0.478 e. The summed E-state index contributed by atoms with van der Waals surface area (Å²) in [7, 11) is 0. The number of aromatic carboxylic acids is 1. The van der Waals surface area contributed by atoms with Crippen molar-refractivity contribution >= 4 is 40.1 Å². The molecule has 2 aromatic rings. The third-order valence-corrected chi connectivity index (χ3v) is 3.20. The van der Waals surface area contributed by atoms with E-state index in [2.05, 4.69) is 32.9 Å². The van der Waals surface area contributed by atoms with Gasteiger partial charge in [0.2, 0.25) is 0 Å². The number of benzene rings is 1. The molecule has 0 aliphatic heterocycles. The minimum atomic E-state index is -1.35. The van der Waals surface area contributed by atoms with Gasteiger partial charge in [0.05, 0.1) is 11.3 Å². The quantitative estimate of drug-likeness (QED) is 0.785. The third-order valence-electron chi connectivity index (χ3n) is 2.61. The first-order valence-electron chi connectivity index (χ1n) is 5.50. The molecule has 1 aromatic heterocycles. The summed E-state index contributed by atoms with van der Waals surface area (Å²) in [5.74, 6) is -3.45. The topological polar surface area (TPSA) is 62.2 Å². The number of anilines is 2. The fourth-order valence-corrected chi connectivity index (χ4v) is 2.25. The number of hydrogen-bond donors (Lipinski definition) is 2. The van der Waals surface area contributed by atoms with Crippen LogP contribution < -0.4 is 5.32 Å². The van der Waals surface area contributed by atoms with Crippen molar-refractivity contribution < 1.29 is 18.7 Å². The zero-order valence-electron chi connectivity index (χ0n) is 10.2. The van der Waals surface area contributed by atoms with Gasteiger partial charge in [0, 0.05) is 9.77 Å². The van der Waals surface area contributed by atoms with Gasteiger partial charge < -0.3 is 10.4 Å². The molecule has 0 spiro atoms. The zero-order valence-corrected chi connectivity index (χ0v) is 12.4. The second kappa shape index (κ2) is 5.70. The molecule has 0 fully saturated rings. The van der Waals surface area contributed by atoms with E-state index in [4.69, 9.17) is 5.11 Å². The molecule has 0 bridgehead atoms. The number of carboxylic acid groups (broad SMARTS) is 1. The average Bonchev–Trinajstić information content (AvgIpc) is 2.37. The number of carboxylic acids is 1. The number of nitrogens with one attached hydrogen (secondary N) is 1. The van der Waals surface area contributed by atoms with E-state index in [1.807, 2.05) is 0 Å². The molecule has 20 heavy (non-hydrogen) atoms. The van der Waals surface area contributed by atoms with Crippen LogP contribution in [0.25, 0.3) is 0 Å². The average molecular weight is 390 g/mol. The maximum Gasteiger partial charge on any atom is 0.337 e. The summed E-state index contributed by atoms with van der Waals surface area (Å²) >= 11 is 2.06. The Bertz CT molecular complexity index is 692. The first-order valence-corrected chi connectivity index (χ1v) is 6.58. The lowest BCUT2D eigenvalue weighted by molar-refractivity contribution is 0.0697. The monoisotopic (exact) mass is 390 g/mol. The van der Waals surface area contributed by atoms with E-state index in [0.29, 0.717) is 5.56 Å². The lowest BCUT2D eigenvalue weighted by Crippen LogP contribution is -2.08. The lowest BCUT2D eigenvalue weighted by atomic mass is 10.1. The highest BCUT2D eigenvalue weighted by Gasteiger charge is 2.19. The fourth-order valence-electron chi connectivity index (χ4n) is 1.64. The summed E-state index contributed by atoms with van der Waals surface area (Å²) in [6.07, 6.45) is 1.54. The molecule has 0 atom stereocenters. The number of halogens is 3. The van der Waals surface area contributed by atoms with Gasteiger partial charge >= 0.3 is 5.97 Å². The summed E-state index contributed by atoms with van der Waals surface area (Å²) in [4.78, 5) is 15.1. The Morgan fingerprint density at radius 1 is 1.40 bits per heavy atom. The summed E-state index contributed by atoms with van der Waals surface area (Å²) in [6.45, 7) is 1.73. The zero-order chi connectivity index (χ0) is 14.9. The first kappa shape index (κ1) is 14.6. The maximum absolute atomic E-state index is 13.8. The van der Waals surface area contributed by atoms with Crippen LogP contribution in [0.2, 0.25) is 0 Å². The van der Waals surface area contributed by atoms with Crippen LogP contribution in [0, 0.1) is 22.1 Å². The second-order valence-corrected chi connectivity index (χ2v) is 5.28. The van der Waals surface area contributed by atoms with Gasteiger partial charge in [-0.3, -0.25) is 0 Å². The normalized spacial score (nSPS) is 10.4. The second-order valence-electron chi connectivity index (χ2n) is 4.03. The van der Waals surface area contributed by atoms with Crippen molar-refractivity contribution in [2.45, 2.75) is 6.92 Å². The number of pyridine rings is 1. The number of rotatable bonds is 3. The molecule has 0 aliphatic carbocycles. The summed E-state index contributed by atoms with van der Waals surface area (Å²) < 4.78 is 27.9. The smallest absolute Gasteiger partial charge is 0.337 e. The minimum absolute atomic E-state index is 0.275. The highest BCUT2D eigenvalue weighted by atomic mass is 127. The molecule has 2 N–H and O–H groups in total.